The standard InChI is InChI=1S/C8H9ClFNO/c1-8(2,12)7-5(10)3-4-6(9)11-7/h3-4,12H,1-2H3. The summed E-state index contributed by atoms with van der Waals surface area (Å²) in [7, 11) is 0. The zero-order valence-electron chi connectivity index (χ0n) is 6.81. The Hall–Kier alpha value is -0.670. The molecule has 0 bridgehead atoms. The molecule has 0 radical (unpaired) electrons. The molecule has 1 N–H and O–H groups in total. The lowest BCUT2D eigenvalue weighted by atomic mass is 10.0. The highest BCUT2D eigenvalue weighted by Crippen LogP contribution is 2.21. The minimum atomic E-state index is -1.30. The third kappa shape index (κ3) is 1.93. The summed E-state index contributed by atoms with van der Waals surface area (Å²) >= 11 is 5.53. The minimum absolute atomic E-state index is 0.0324. The zero-order chi connectivity index (χ0) is 9.35. The van der Waals surface area contributed by atoms with Crippen LogP contribution in [0.1, 0.15) is 19.5 Å². The lowest BCUT2D eigenvalue weighted by Crippen LogP contribution is -2.19. The zero-order valence-corrected chi connectivity index (χ0v) is 7.56. The number of nitrogens with zero attached hydrogens (tertiary/aromatic N) is 1. The van der Waals surface area contributed by atoms with Crippen molar-refractivity contribution >= 4 is 11.6 Å². The van der Waals surface area contributed by atoms with Crippen molar-refractivity contribution in [2.24, 2.45) is 0 Å². The lowest BCUT2D eigenvalue weighted by molar-refractivity contribution is 0.0695. The van der Waals surface area contributed by atoms with Crippen LogP contribution in [0, 0.1) is 5.82 Å². The van der Waals surface area contributed by atoms with Crippen molar-refractivity contribution in [2.75, 3.05) is 0 Å². The number of hydrogen-bond donors (Lipinski definition) is 1. The molecule has 0 spiro atoms. The van der Waals surface area contributed by atoms with Gasteiger partial charge in [0.1, 0.15) is 22.3 Å². The molecule has 0 atom stereocenters. The van der Waals surface area contributed by atoms with E-state index >= 15 is 0 Å². The van der Waals surface area contributed by atoms with Crippen molar-refractivity contribution in [1.82, 2.24) is 4.98 Å². The van der Waals surface area contributed by atoms with Gasteiger partial charge >= 0.3 is 0 Å². The molecule has 4 heteroatoms. The van der Waals surface area contributed by atoms with Gasteiger partial charge in [-0.25, -0.2) is 9.37 Å². The minimum Gasteiger partial charge on any atom is -0.384 e. The molecule has 2 nitrogen and oxygen atoms in total. The van der Waals surface area contributed by atoms with Gasteiger partial charge in [-0.05, 0) is 26.0 Å². The van der Waals surface area contributed by atoms with Crippen LogP contribution in [0.4, 0.5) is 4.39 Å². The molecule has 1 aromatic heterocycles. The predicted octanol–water partition coefficient (Wildman–Crippen LogP) is 2.10. The van der Waals surface area contributed by atoms with E-state index in [4.69, 9.17) is 11.6 Å². The van der Waals surface area contributed by atoms with Gasteiger partial charge in [0.25, 0.3) is 0 Å². The molecule has 1 heterocycles. The Morgan fingerprint density at radius 2 is 2.08 bits per heavy atom. The number of halogens is 2. The quantitative estimate of drug-likeness (QED) is 0.687. The average Bonchev–Trinajstić information content (AvgIpc) is 1.92. The molecule has 12 heavy (non-hydrogen) atoms. The van der Waals surface area contributed by atoms with Crippen molar-refractivity contribution in [1.29, 1.82) is 0 Å². The fourth-order valence-corrected chi connectivity index (χ4v) is 0.995. The molecule has 0 amide bonds. The van der Waals surface area contributed by atoms with Crippen molar-refractivity contribution < 1.29 is 9.50 Å². The Balaban J connectivity index is 3.23. The van der Waals surface area contributed by atoms with E-state index < -0.39 is 11.4 Å². The van der Waals surface area contributed by atoms with Crippen LogP contribution < -0.4 is 0 Å². The highest BCUT2D eigenvalue weighted by molar-refractivity contribution is 6.29. The largest absolute Gasteiger partial charge is 0.384 e. The first kappa shape index (κ1) is 9.42. The molecule has 0 unspecified atom stereocenters. The summed E-state index contributed by atoms with van der Waals surface area (Å²) in [6.45, 7) is 2.91. The topological polar surface area (TPSA) is 33.1 Å². The van der Waals surface area contributed by atoms with Crippen LogP contribution in [0.3, 0.4) is 0 Å². The van der Waals surface area contributed by atoms with Gasteiger partial charge in [0.2, 0.25) is 0 Å². The molecule has 0 aliphatic rings. The van der Waals surface area contributed by atoms with E-state index in [2.05, 4.69) is 4.98 Å². The Morgan fingerprint density at radius 1 is 1.50 bits per heavy atom. The molecule has 1 rings (SSSR count). The summed E-state index contributed by atoms with van der Waals surface area (Å²) < 4.78 is 13.0. The Kier molecular flexibility index (Phi) is 2.35. The van der Waals surface area contributed by atoms with Gasteiger partial charge in [0.05, 0.1) is 0 Å². The van der Waals surface area contributed by atoms with Crippen LogP contribution in [0.15, 0.2) is 12.1 Å². The molecular weight excluding hydrogens is 181 g/mol. The second-order valence-electron chi connectivity index (χ2n) is 3.02. The summed E-state index contributed by atoms with van der Waals surface area (Å²) in [5, 5.41) is 9.61. The Morgan fingerprint density at radius 3 is 2.50 bits per heavy atom. The number of pyridine rings is 1. The first-order chi connectivity index (χ1) is 5.41. The van der Waals surface area contributed by atoms with Crippen LogP contribution in [0.5, 0.6) is 0 Å². The van der Waals surface area contributed by atoms with Crippen molar-refractivity contribution in [3.63, 3.8) is 0 Å². The van der Waals surface area contributed by atoms with Crippen molar-refractivity contribution in [3.05, 3.63) is 28.8 Å². The fraction of sp³-hybridized carbons (Fsp3) is 0.375. The first-order valence-corrected chi connectivity index (χ1v) is 3.84. The third-order valence-corrected chi connectivity index (χ3v) is 1.60. The van der Waals surface area contributed by atoms with Crippen molar-refractivity contribution in [3.8, 4) is 0 Å². The smallest absolute Gasteiger partial charge is 0.147 e. The number of aliphatic hydroxyl groups is 1. The van der Waals surface area contributed by atoms with Gasteiger partial charge in [0.15, 0.2) is 0 Å². The number of hydrogen-bond acceptors (Lipinski definition) is 2. The predicted molar refractivity (Wildman–Crippen MR) is 44.4 cm³/mol. The highest BCUT2D eigenvalue weighted by atomic mass is 35.5. The number of rotatable bonds is 1. The van der Waals surface area contributed by atoms with Crippen LogP contribution >= 0.6 is 11.6 Å². The summed E-state index contributed by atoms with van der Waals surface area (Å²) in [5.74, 6) is -0.549. The van der Waals surface area contributed by atoms with E-state index in [-0.39, 0.29) is 10.8 Å². The third-order valence-electron chi connectivity index (χ3n) is 1.39. The van der Waals surface area contributed by atoms with Gasteiger partial charge in [-0.2, -0.15) is 0 Å². The SMILES string of the molecule is CC(C)(O)c1nc(Cl)ccc1F. The molecule has 0 fully saturated rings. The monoisotopic (exact) mass is 189 g/mol. The van der Waals surface area contributed by atoms with Gasteiger partial charge in [-0.1, -0.05) is 11.6 Å². The highest BCUT2D eigenvalue weighted by Gasteiger charge is 2.22. The van der Waals surface area contributed by atoms with E-state index in [1.54, 1.807) is 0 Å². The average molecular weight is 190 g/mol. The Labute approximate surface area is 75.0 Å². The molecule has 66 valence electrons. The lowest BCUT2D eigenvalue weighted by Gasteiger charge is -2.16. The van der Waals surface area contributed by atoms with Gasteiger partial charge in [-0.3, -0.25) is 0 Å². The summed E-state index contributed by atoms with van der Waals surface area (Å²) in [4.78, 5) is 3.68. The maximum Gasteiger partial charge on any atom is 0.147 e. The first-order valence-electron chi connectivity index (χ1n) is 3.46. The maximum absolute atomic E-state index is 13.0. The Bertz CT molecular complexity index is 296. The molecule has 0 aliphatic carbocycles. The van der Waals surface area contributed by atoms with Crippen LogP contribution in [0.25, 0.3) is 0 Å². The summed E-state index contributed by atoms with van der Waals surface area (Å²) in [5.41, 5.74) is -1.33. The molecule has 1 aromatic rings. The van der Waals surface area contributed by atoms with Crippen LogP contribution in [-0.2, 0) is 5.60 Å². The van der Waals surface area contributed by atoms with E-state index in [1.807, 2.05) is 0 Å². The van der Waals surface area contributed by atoms with Gasteiger partial charge < -0.3 is 5.11 Å². The number of aromatic nitrogens is 1. The van der Waals surface area contributed by atoms with Gasteiger partial charge in [-0.15, -0.1) is 0 Å². The fourth-order valence-electron chi connectivity index (χ4n) is 0.847. The van der Waals surface area contributed by atoms with E-state index in [0.717, 1.165) is 0 Å². The summed E-state index contributed by atoms with van der Waals surface area (Å²) in [6, 6.07) is 2.52. The molecule has 0 saturated heterocycles. The maximum atomic E-state index is 13.0. The van der Waals surface area contributed by atoms with E-state index in [1.165, 1.54) is 26.0 Å². The van der Waals surface area contributed by atoms with Crippen LogP contribution in [0.2, 0.25) is 5.15 Å². The second kappa shape index (κ2) is 2.99. The van der Waals surface area contributed by atoms with Gasteiger partial charge in [0, 0.05) is 0 Å². The van der Waals surface area contributed by atoms with Crippen LogP contribution in [-0.4, -0.2) is 10.1 Å². The normalized spacial score (nSPS) is 11.8. The molecular formula is C8H9ClFNO. The molecule has 0 aliphatic heterocycles. The van der Waals surface area contributed by atoms with Crippen molar-refractivity contribution in [2.45, 2.75) is 19.4 Å². The summed E-state index contributed by atoms with van der Waals surface area (Å²) in [6.07, 6.45) is 0. The van der Waals surface area contributed by atoms with E-state index in [9.17, 15) is 9.50 Å². The molecule has 0 saturated carbocycles. The van der Waals surface area contributed by atoms with E-state index in [0.29, 0.717) is 0 Å². The second-order valence-corrected chi connectivity index (χ2v) is 3.41. The molecule has 0 aromatic carbocycles.